The number of rotatable bonds is 4. The van der Waals surface area contributed by atoms with E-state index < -0.39 is 11.7 Å². The summed E-state index contributed by atoms with van der Waals surface area (Å²) in [4.78, 5) is 18.4. The number of halogens is 3. The van der Waals surface area contributed by atoms with E-state index in [-0.39, 0.29) is 5.91 Å². The molecule has 1 atom stereocenters. The Bertz CT molecular complexity index is 669. The number of benzene rings is 1. The van der Waals surface area contributed by atoms with E-state index in [0.717, 1.165) is 45.1 Å². The molecule has 0 unspecified atom stereocenters. The average Bonchev–Trinajstić information content (AvgIpc) is 2.68. The van der Waals surface area contributed by atoms with Crippen molar-refractivity contribution in [1.29, 1.82) is 0 Å². The second-order valence-electron chi connectivity index (χ2n) is 7.20. The van der Waals surface area contributed by atoms with Gasteiger partial charge in [-0.15, -0.1) is 6.58 Å². The van der Waals surface area contributed by atoms with Gasteiger partial charge in [0.15, 0.2) is 0 Å². The Morgan fingerprint density at radius 1 is 1.19 bits per heavy atom. The van der Waals surface area contributed by atoms with Crippen molar-refractivity contribution in [3.05, 3.63) is 42.5 Å². The van der Waals surface area contributed by atoms with Crippen molar-refractivity contribution < 1.29 is 18.0 Å². The molecular weight excluding hydrogens is 355 g/mol. The third-order valence-corrected chi connectivity index (χ3v) is 5.44. The van der Waals surface area contributed by atoms with Gasteiger partial charge in [-0.3, -0.25) is 9.69 Å². The molecule has 2 saturated heterocycles. The van der Waals surface area contributed by atoms with Gasteiger partial charge in [0.1, 0.15) is 0 Å². The zero-order valence-corrected chi connectivity index (χ0v) is 15.4. The normalized spacial score (nSPS) is 22.0. The van der Waals surface area contributed by atoms with Crippen LogP contribution in [0.5, 0.6) is 0 Å². The van der Waals surface area contributed by atoms with E-state index >= 15 is 0 Å². The topological polar surface area (TPSA) is 26.8 Å². The molecule has 3 rings (SSSR count). The number of piperidine rings is 1. The molecule has 0 N–H and O–H groups in total. The number of piperazine rings is 1. The second kappa shape index (κ2) is 8.33. The van der Waals surface area contributed by atoms with Gasteiger partial charge in [-0.1, -0.05) is 12.1 Å². The Kier molecular flexibility index (Phi) is 6.09. The van der Waals surface area contributed by atoms with E-state index in [4.69, 9.17) is 0 Å². The van der Waals surface area contributed by atoms with Gasteiger partial charge in [0.05, 0.1) is 5.56 Å². The van der Waals surface area contributed by atoms with Gasteiger partial charge in [0.25, 0.3) is 0 Å². The number of likely N-dealkylation sites (tertiary alicyclic amines) is 1. The van der Waals surface area contributed by atoms with Crippen LogP contribution in [0.1, 0.15) is 24.8 Å². The Morgan fingerprint density at radius 2 is 1.93 bits per heavy atom. The first-order valence-electron chi connectivity index (χ1n) is 9.43. The van der Waals surface area contributed by atoms with Crippen molar-refractivity contribution in [3.8, 4) is 0 Å². The number of carbonyl (C=O) groups is 1. The summed E-state index contributed by atoms with van der Waals surface area (Å²) < 4.78 is 38.8. The van der Waals surface area contributed by atoms with Crippen molar-refractivity contribution in [2.24, 2.45) is 0 Å². The molecule has 0 aliphatic carbocycles. The van der Waals surface area contributed by atoms with Gasteiger partial charge >= 0.3 is 6.18 Å². The standard InChI is InChI=1S/C20H26F3N3O/c1-2-5-19(27)26-9-4-8-18(15-26)25-12-10-24(11-13-25)17-7-3-6-16(14-17)20(21,22)23/h2-3,6-7,14,18H,1,4-5,8-13,15H2/t18-/m1/s1. The van der Waals surface area contributed by atoms with Crippen LogP contribution in [0.2, 0.25) is 0 Å². The van der Waals surface area contributed by atoms with E-state index in [9.17, 15) is 18.0 Å². The number of alkyl halides is 3. The summed E-state index contributed by atoms with van der Waals surface area (Å²) in [5, 5.41) is 0. The Hall–Kier alpha value is -2.02. The molecule has 2 fully saturated rings. The highest BCUT2D eigenvalue weighted by Gasteiger charge is 2.32. The van der Waals surface area contributed by atoms with Crippen LogP contribution in [0.15, 0.2) is 36.9 Å². The van der Waals surface area contributed by atoms with Gasteiger partial charge in [0, 0.05) is 57.4 Å². The number of nitrogens with zero attached hydrogens (tertiary/aromatic N) is 3. The molecule has 2 aliphatic heterocycles. The van der Waals surface area contributed by atoms with Gasteiger partial charge in [-0.25, -0.2) is 0 Å². The van der Waals surface area contributed by atoms with Crippen molar-refractivity contribution in [3.63, 3.8) is 0 Å². The van der Waals surface area contributed by atoms with Crippen molar-refractivity contribution >= 4 is 11.6 Å². The highest BCUT2D eigenvalue weighted by atomic mass is 19.4. The van der Waals surface area contributed by atoms with Gasteiger partial charge in [-0.05, 0) is 31.0 Å². The second-order valence-corrected chi connectivity index (χ2v) is 7.20. The molecule has 0 saturated carbocycles. The zero-order valence-electron chi connectivity index (χ0n) is 15.4. The lowest BCUT2D eigenvalue weighted by Gasteiger charge is -2.44. The third-order valence-electron chi connectivity index (χ3n) is 5.44. The molecule has 0 radical (unpaired) electrons. The highest BCUT2D eigenvalue weighted by Crippen LogP contribution is 2.32. The van der Waals surface area contributed by atoms with Crippen LogP contribution in [0.4, 0.5) is 18.9 Å². The van der Waals surface area contributed by atoms with Crippen LogP contribution >= 0.6 is 0 Å². The van der Waals surface area contributed by atoms with Crippen LogP contribution in [0.25, 0.3) is 0 Å². The molecule has 7 heteroatoms. The van der Waals surface area contributed by atoms with E-state index in [1.807, 2.05) is 9.80 Å². The minimum atomic E-state index is -4.32. The van der Waals surface area contributed by atoms with Gasteiger partial charge in [-0.2, -0.15) is 13.2 Å². The average molecular weight is 381 g/mol. The van der Waals surface area contributed by atoms with Crippen molar-refractivity contribution in [1.82, 2.24) is 9.80 Å². The van der Waals surface area contributed by atoms with E-state index in [1.54, 1.807) is 12.1 Å². The zero-order chi connectivity index (χ0) is 19.4. The third kappa shape index (κ3) is 4.83. The Labute approximate surface area is 158 Å². The summed E-state index contributed by atoms with van der Waals surface area (Å²) in [6.07, 6.45) is -0.264. The van der Waals surface area contributed by atoms with Crippen LogP contribution in [-0.4, -0.2) is 61.0 Å². The molecule has 148 valence electrons. The number of carbonyl (C=O) groups excluding carboxylic acids is 1. The molecule has 1 aromatic carbocycles. The Morgan fingerprint density at radius 3 is 2.59 bits per heavy atom. The highest BCUT2D eigenvalue weighted by molar-refractivity contribution is 5.77. The molecule has 1 aromatic rings. The molecular formula is C20H26F3N3O. The fraction of sp³-hybridized carbons (Fsp3) is 0.550. The number of hydrogen-bond donors (Lipinski definition) is 0. The van der Waals surface area contributed by atoms with E-state index in [2.05, 4.69) is 11.5 Å². The summed E-state index contributed by atoms with van der Waals surface area (Å²) in [5.74, 6) is 0.123. The summed E-state index contributed by atoms with van der Waals surface area (Å²) in [6.45, 7) is 8.14. The molecule has 2 heterocycles. The van der Waals surface area contributed by atoms with Crippen LogP contribution < -0.4 is 4.90 Å². The lowest BCUT2D eigenvalue weighted by atomic mass is 10.0. The maximum absolute atomic E-state index is 12.9. The monoisotopic (exact) mass is 381 g/mol. The largest absolute Gasteiger partial charge is 0.416 e. The summed E-state index contributed by atoms with van der Waals surface area (Å²) in [6, 6.07) is 5.87. The molecule has 27 heavy (non-hydrogen) atoms. The Balaban J connectivity index is 1.57. The number of hydrogen-bond acceptors (Lipinski definition) is 3. The van der Waals surface area contributed by atoms with Crippen LogP contribution in [0, 0.1) is 0 Å². The first-order chi connectivity index (χ1) is 12.9. The minimum absolute atomic E-state index is 0.123. The minimum Gasteiger partial charge on any atom is -0.369 e. The van der Waals surface area contributed by atoms with Crippen LogP contribution in [0.3, 0.4) is 0 Å². The first kappa shape index (κ1) is 19.7. The van der Waals surface area contributed by atoms with Crippen LogP contribution in [-0.2, 0) is 11.0 Å². The maximum Gasteiger partial charge on any atom is 0.416 e. The van der Waals surface area contributed by atoms with E-state index in [0.29, 0.717) is 31.2 Å². The fourth-order valence-electron chi connectivity index (χ4n) is 3.96. The van der Waals surface area contributed by atoms with Crippen molar-refractivity contribution in [2.45, 2.75) is 31.5 Å². The molecule has 0 aromatic heterocycles. The summed E-state index contributed by atoms with van der Waals surface area (Å²) in [7, 11) is 0. The van der Waals surface area contributed by atoms with Crippen molar-refractivity contribution in [2.75, 3.05) is 44.2 Å². The SMILES string of the molecule is C=CCC(=O)N1CCC[C@@H](N2CCN(c3cccc(C(F)(F)F)c3)CC2)C1. The smallest absolute Gasteiger partial charge is 0.369 e. The number of anilines is 1. The fourth-order valence-corrected chi connectivity index (χ4v) is 3.96. The molecule has 4 nitrogen and oxygen atoms in total. The van der Waals surface area contributed by atoms with Gasteiger partial charge in [0.2, 0.25) is 5.91 Å². The molecule has 0 spiro atoms. The quantitative estimate of drug-likeness (QED) is 0.748. The maximum atomic E-state index is 12.9. The summed E-state index contributed by atoms with van der Waals surface area (Å²) >= 11 is 0. The predicted molar refractivity (Wildman–Crippen MR) is 99.6 cm³/mol. The molecule has 1 amide bonds. The summed E-state index contributed by atoms with van der Waals surface area (Å²) in [5.41, 5.74) is 0.0157. The lowest BCUT2D eigenvalue weighted by molar-refractivity contribution is -0.137. The molecule has 0 bridgehead atoms. The lowest BCUT2D eigenvalue weighted by Crippen LogP contribution is -2.55. The van der Waals surface area contributed by atoms with E-state index in [1.165, 1.54) is 12.1 Å². The van der Waals surface area contributed by atoms with Gasteiger partial charge < -0.3 is 9.80 Å². The predicted octanol–water partition coefficient (Wildman–Crippen LogP) is 3.39. The first-order valence-corrected chi connectivity index (χ1v) is 9.43. The molecule has 2 aliphatic rings. The number of amides is 1.